The Bertz CT molecular complexity index is 309. The first-order chi connectivity index (χ1) is 7.61. The molecule has 0 heterocycles. The highest BCUT2D eigenvalue weighted by Crippen LogP contribution is 1.97. The summed E-state index contributed by atoms with van der Waals surface area (Å²) in [6.45, 7) is 6.52. The van der Waals surface area contributed by atoms with Gasteiger partial charge in [-0.2, -0.15) is 0 Å². The van der Waals surface area contributed by atoms with Crippen LogP contribution in [0.15, 0.2) is 0 Å². The Balaban J connectivity index is 3.95. The van der Waals surface area contributed by atoms with Gasteiger partial charge in [0.15, 0.2) is 0 Å². The van der Waals surface area contributed by atoms with Gasteiger partial charge in [0.1, 0.15) is 6.04 Å². The minimum absolute atomic E-state index is 0.231. The van der Waals surface area contributed by atoms with Crippen molar-refractivity contribution in [2.75, 3.05) is 6.54 Å². The predicted molar refractivity (Wildman–Crippen MR) is 61.5 cm³/mol. The van der Waals surface area contributed by atoms with E-state index in [1.807, 2.05) is 0 Å². The SMILES string of the molecule is C[C@@H](NCC(=O)NC(=O)NC(C)(C)C)C(=O)O. The molecule has 17 heavy (non-hydrogen) atoms. The van der Waals surface area contributed by atoms with E-state index in [0.717, 1.165) is 0 Å². The van der Waals surface area contributed by atoms with E-state index >= 15 is 0 Å². The van der Waals surface area contributed by atoms with E-state index in [4.69, 9.17) is 5.11 Å². The Morgan fingerprint density at radius 2 is 1.76 bits per heavy atom. The molecule has 98 valence electrons. The summed E-state index contributed by atoms with van der Waals surface area (Å²) < 4.78 is 0. The third-order valence-electron chi connectivity index (χ3n) is 1.68. The zero-order chi connectivity index (χ0) is 13.6. The van der Waals surface area contributed by atoms with Gasteiger partial charge in [-0.1, -0.05) is 0 Å². The highest BCUT2D eigenvalue weighted by atomic mass is 16.4. The fourth-order valence-electron chi connectivity index (χ4n) is 0.876. The van der Waals surface area contributed by atoms with E-state index in [0.29, 0.717) is 0 Å². The number of amides is 3. The summed E-state index contributed by atoms with van der Waals surface area (Å²) in [5, 5.41) is 15.6. The Labute approximate surface area is 100.0 Å². The van der Waals surface area contributed by atoms with Crippen LogP contribution in [0.3, 0.4) is 0 Å². The van der Waals surface area contributed by atoms with Crippen molar-refractivity contribution < 1.29 is 19.5 Å². The van der Waals surface area contributed by atoms with E-state index in [1.54, 1.807) is 20.8 Å². The molecule has 3 amide bonds. The molecule has 0 fully saturated rings. The van der Waals surface area contributed by atoms with Crippen molar-refractivity contribution in [3.63, 3.8) is 0 Å². The van der Waals surface area contributed by atoms with Crippen LogP contribution >= 0.6 is 0 Å². The Morgan fingerprint density at radius 3 is 2.18 bits per heavy atom. The third-order valence-corrected chi connectivity index (χ3v) is 1.68. The number of carboxylic acids is 1. The number of imide groups is 1. The molecule has 0 saturated carbocycles. The van der Waals surface area contributed by atoms with Gasteiger partial charge in [-0.25, -0.2) is 4.79 Å². The second-order valence-corrected chi connectivity index (χ2v) is 4.69. The maximum Gasteiger partial charge on any atom is 0.321 e. The number of carboxylic acid groups (broad SMARTS) is 1. The van der Waals surface area contributed by atoms with Crippen LogP contribution in [0.2, 0.25) is 0 Å². The lowest BCUT2D eigenvalue weighted by atomic mass is 10.1. The topological polar surface area (TPSA) is 108 Å². The molecule has 0 saturated heterocycles. The van der Waals surface area contributed by atoms with E-state index < -0.39 is 29.5 Å². The summed E-state index contributed by atoms with van der Waals surface area (Å²) in [6, 6.07) is -1.45. The van der Waals surface area contributed by atoms with Crippen LogP contribution in [0.1, 0.15) is 27.7 Å². The average molecular weight is 245 g/mol. The molecule has 0 aliphatic rings. The van der Waals surface area contributed by atoms with E-state index in [1.165, 1.54) is 6.92 Å². The van der Waals surface area contributed by atoms with E-state index in [9.17, 15) is 14.4 Å². The minimum Gasteiger partial charge on any atom is -0.480 e. The average Bonchev–Trinajstić information content (AvgIpc) is 2.10. The number of hydrogen-bond donors (Lipinski definition) is 4. The molecule has 0 unspecified atom stereocenters. The maximum atomic E-state index is 11.3. The van der Waals surface area contributed by atoms with E-state index in [2.05, 4.69) is 16.0 Å². The van der Waals surface area contributed by atoms with Gasteiger partial charge in [0.05, 0.1) is 6.54 Å². The summed E-state index contributed by atoms with van der Waals surface area (Å²) in [6.07, 6.45) is 0. The second kappa shape index (κ2) is 6.19. The molecular weight excluding hydrogens is 226 g/mol. The summed E-state index contributed by atoms with van der Waals surface area (Å²) in [4.78, 5) is 32.9. The standard InChI is InChI=1S/C10H19N3O4/c1-6(8(15)16)11-5-7(14)12-9(17)13-10(2,3)4/h6,11H,5H2,1-4H3,(H,15,16)(H2,12,13,14,17)/t6-/m1/s1. The molecule has 7 nitrogen and oxygen atoms in total. The fourth-order valence-corrected chi connectivity index (χ4v) is 0.876. The monoisotopic (exact) mass is 245 g/mol. The molecule has 0 aliphatic heterocycles. The number of carbonyl (C=O) groups excluding carboxylic acids is 2. The minimum atomic E-state index is -1.06. The quantitative estimate of drug-likeness (QED) is 0.542. The van der Waals surface area contributed by atoms with Gasteiger partial charge in [0, 0.05) is 5.54 Å². The lowest BCUT2D eigenvalue weighted by Gasteiger charge is -2.20. The molecule has 7 heteroatoms. The van der Waals surface area contributed by atoms with Gasteiger partial charge >= 0.3 is 12.0 Å². The normalized spacial score (nSPS) is 12.7. The molecule has 1 atom stereocenters. The van der Waals surface area contributed by atoms with Gasteiger partial charge < -0.3 is 10.4 Å². The zero-order valence-corrected chi connectivity index (χ0v) is 10.5. The molecule has 0 aromatic carbocycles. The van der Waals surface area contributed by atoms with Crippen molar-refractivity contribution in [3.8, 4) is 0 Å². The number of nitrogens with one attached hydrogen (secondary N) is 3. The molecular formula is C10H19N3O4. The molecule has 0 spiro atoms. The smallest absolute Gasteiger partial charge is 0.321 e. The van der Waals surface area contributed by atoms with Crippen molar-refractivity contribution in [3.05, 3.63) is 0 Å². The highest BCUT2D eigenvalue weighted by molar-refractivity contribution is 5.95. The van der Waals surface area contributed by atoms with Crippen molar-refractivity contribution >= 4 is 17.9 Å². The summed E-state index contributed by atoms with van der Waals surface area (Å²) in [5.74, 6) is -1.64. The molecule has 4 N–H and O–H groups in total. The second-order valence-electron chi connectivity index (χ2n) is 4.69. The molecule has 0 rings (SSSR count). The van der Waals surface area contributed by atoms with Crippen molar-refractivity contribution in [1.82, 2.24) is 16.0 Å². The number of carbonyl (C=O) groups is 3. The van der Waals surface area contributed by atoms with Crippen LogP contribution in [0.4, 0.5) is 4.79 Å². The lowest BCUT2D eigenvalue weighted by Crippen LogP contribution is -2.50. The Morgan fingerprint density at radius 1 is 1.24 bits per heavy atom. The largest absolute Gasteiger partial charge is 0.480 e. The Kier molecular flexibility index (Phi) is 5.60. The Hall–Kier alpha value is -1.63. The number of hydrogen-bond acceptors (Lipinski definition) is 4. The summed E-state index contributed by atoms with van der Waals surface area (Å²) >= 11 is 0. The first-order valence-electron chi connectivity index (χ1n) is 5.20. The first kappa shape index (κ1) is 15.4. The molecule has 0 aromatic heterocycles. The molecule has 0 aromatic rings. The summed E-state index contributed by atoms with van der Waals surface area (Å²) in [5.41, 5.74) is -0.438. The van der Waals surface area contributed by atoms with Crippen LogP contribution < -0.4 is 16.0 Å². The fraction of sp³-hybridized carbons (Fsp3) is 0.700. The number of rotatable bonds is 4. The molecule has 0 bridgehead atoms. The van der Waals surface area contributed by atoms with Crippen LogP contribution in [-0.2, 0) is 9.59 Å². The van der Waals surface area contributed by atoms with Crippen molar-refractivity contribution in [2.45, 2.75) is 39.3 Å². The van der Waals surface area contributed by atoms with Crippen LogP contribution in [0.5, 0.6) is 0 Å². The molecule has 0 radical (unpaired) electrons. The van der Waals surface area contributed by atoms with Gasteiger partial charge in [0.2, 0.25) is 5.91 Å². The number of aliphatic carboxylic acids is 1. The maximum absolute atomic E-state index is 11.3. The van der Waals surface area contributed by atoms with Gasteiger partial charge in [-0.3, -0.25) is 20.2 Å². The third kappa shape index (κ3) is 8.21. The highest BCUT2D eigenvalue weighted by Gasteiger charge is 2.16. The summed E-state index contributed by atoms with van der Waals surface area (Å²) in [7, 11) is 0. The van der Waals surface area contributed by atoms with Crippen molar-refractivity contribution in [1.29, 1.82) is 0 Å². The van der Waals surface area contributed by atoms with Gasteiger partial charge in [0.25, 0.3) is 0 Å². The molecule has 0 aliphatic carbocycles. The van der Waals surface area contributed by atoms with Crippen LogP contribution in [0, 0.1) is 0 Å². The first-order valence-corrected chi connectivity index (χ1v) is 5.20. The van der Waals surface area contributed by atoms with Gasteiger partial charge in [-0.15, -0.1) is 0 Å². The van der Waals surface area contributed by atoms with Crippen LogP contribution in [0.25, 0.3) is 0 Å². The van der Waals surface area contributed by atoms with E-state index in [-0.39, 0.29) is 6.54 Å². The van der Waals surface area contributed by atoms with Crippen LogP contribution in [-0.4, -0.2) is 41.1 Å². The van der Waals surface area contributed by atoms with Gasteiger partial charge in [-0.05, 0) is 27.7 Å². The number of urea groups is 1. The zero-order valence-electron chi connectivity index (χ0n) is 10.5. The predicted octanol–water partition coefficient (Wildman–Crippen LogP) is -0.327. The van der Waals surface area contributed by atoms with Crippen molar-refractivity contribution in [2.24, 2.45) is 0 Å². The lowest BCUT2D eigenvalue weighted by molar-refractivity contribution is -0.139.